The number of thiazole rings is 1. The van der Waals surface area contributed by atoms with Gasteiger partial charge in [0.1, 0.15) is 5.82 Å². The summed E-state index contributed by atoms with van der Waals surface area (Å²) in [6.07, 6.45) is 6.09. The third-order valence-electron chi connectivity index (χ3n) is 5.66. The Hall–Kier alpha value is -2.67. The molecule has 0 bridgehead atoms. The van der Waals surface area contributed by atoms with Crippen LogP contribution in [0.2, 0.25) is 0 Å². The summed E-state index contributed by atoms with van der Waals surface area (Å²) < 4.78 is 2.02. The van der Waals surface area contributed by atoms with Crippen LogP contribution in [0.3, 0.4) is 0 Å². The Balaban J connectivity index is 1.39. The number of piperidine rings is 1. The lowest BCUT2D eigenvalue weighted by Gasteiger charge is -2.31. The van der Waals surface area contributed by atoms with Crippen LogP contribution in [-0.2, 0) is 6.54 Å². The van der Waals surface area contributed by atoms with E-state index in [-0.39, 0.29) is 5.91 Å². The van der Waals surface area contributed by atoms with Crippen LogP contribution < -0.4 is 10.2 Å². The summed E-state index contributed by atoms with van der Waals surface area (Å²) >= 11 is 1.56. The standard InChI is InChI=1S/C22H27N5OS/c1-15-6-9-26(10-7-15)20-5-4-18(13-24-20)14-25-21(28)19-12-16(2)27(17(19)3)22-23-8-11-29-22/h4-5,8,11-13,15H,6-7,9-10,14H2,1-3H3,(H,25,28). The molecule has 0 saturated carbocycles. The highest BCUT2D eigenvalue weighted by molar-refractivity contribution is 7.12. The molecule has 0 atom stereocenters. The molecule has 3 aromatic heterocycles. The zero-order valence-electron chi connectivity index (χ0n) is 17.2. The minimum Gasteiger partial charge on any atom is -0.357 e. The van der Waals surface area contributed by atoms with Crippen LogP contribution in [-0.4, -0.2) is 33.5 Å². The first-order chi connectivity index (χ1) is 14.0. The van der Waals surface area contributed by atoms with Gasteiger partial charge in [0.15, 0.2) is 5.13 Å². The third-order valence-corrected chi connectivity index (χ3v) is 6.41. The maximum atomic E-state index is 12.7. The molecule has 29 heavy (non-hydrogen) atoms. The molecule has 4 heterocycles. The molecule has 0 aliphatic carbocycles. The fraction of sp³-hybridized carbons (Fsp3) is 0.409. The summed E-state index contributed by atoms with van der Waals surface area (Å²) in [7, 11) is 0. The van der Waals surface area contributed by atoms with Gasteiger partial charge in [0.2, 0.25) is 0 Å². The molecule has 0 spiro atoms. The van der Waals surface area contributed by atoms with Gasteiger partial charge in [0, 0.05) is 48.8 Å². The molecule has 3 aromatic rings. The molecular formula is C22H27N5OS. The van der Waals surface area contributed by atoms with Crippen LogP contribution in [0, 0.1) is 19.8 Å². The van der Waals surface area contributed by atoms with E-state index in [2.05, 4.69) is 39.2 Å². The normalized spacial score (nSPS) is 14.9. The van der Waals surface area contributed by atoms with Crippen LogP contribution in [0.5, 0.6) is 0 Å². The van der Waals surface area contributed by atoms with Gasteiger partial charge in [-0.2, -0.15) is 0 Å². The van der Waals surface area contributed by atoms with E-state index >= 15 is 0 Å². The first-order valence-electron chi connectivity index (χ1n) is 10.1. The lowest BCUT2D eigenvalue weighted by atomic mass is 9.99. The first kappa shape index (κ1) is 19.6. The Morgan fingerprint density at radius 1 is 1.24 bits per heavy atom. The van der Waals surface area contributed by atoms with Crippen molar-refractivity contribution in [2.24, 2.45) is 5.92 Å². The van der Waals surface area contributed by atoms with Crippen LogP contribution in [0.4, 0.5) is 5.82 Å². The van der Waals surface area contributed by atoms with Gasteiger partial charge in [0.25, 0.3) is 5.91 Å². The van der Waals surface area contributed by atoms with Crippen LogP contribution >= 0.6 is 11.3 Å². The van der Waals surface area contributed by atoms with Gasteiger partial charge >= 0.3 is 0 Å². The van der Waals surface area contributed by atoms with Gasteiger partial charge in [-0.05, 0) is 50.3 Å². The Morgan fingerprint density at radius 3 is 2.69 bits per heavy atom. The molecular weight excluding hydrogens is 382 g/mol. The highest BCUT2D eigenvalue weighted by Crippen LogP contribution is 2.23. The van der Waals surface area contributed by atoms with E-state index < -0.39 is 0 Å². The van der Waals surface area contributed by atoms with Gasteiger partial charge in [-0.3, -0.25) is 9.36 Å². The van der Waals surface area contributed by atoms with Crippen molar-refractivity contribution >= 4 is 23.1 Å². The van der Waals surface area contributed by atoms with E-state index in [1.807, 2.05) is 36.1 Å². The number of carbonyl (C=O) groups excluding carboxylic acids is 1. The summed E-state index contributed by atoms with van der Waals surface area (Å²) in [5, 5.41) is 5.84. The number of hydrogen-bond acceptors (Lipinski definition) is 5. The Kier molecular flexibility index (Phi) is 5.67. The Morgan fingerprint density at radius 2 is 2.03 bits per heavy atom. The third kappa shape index (κ3) is 4.19. The highest BCUT2D eigenvalue weighted by atomic mass is 32.1. The molecule has 1 aliphatic rings. The molecule has 1 aliphatic heterocycles. The second-order valence-electron chi connectivity index (χ2n) is 7.81. The molecule has 0 aromatic carbocycles. The summed E-state index contributed by atoms with van der Waals surface area (Å²) in [6, 6.07) is 6.04. The summed E-state index contributed by atoms with van der Waals surface area (Å²) in [6.45, 7) is 8.86. The summed E-state index contributed by atoms with van der Waals surface area (Å²) in [5.74, 6) is 1.76. The number of aryl methyl sites for hydroxylation is 1. The van der Waals surface area contributed by atoms with E-state index in [9.17, 15) is 4.79 Å². The number of rotatable bonds is 5. The zero-order chi connectivity index (χ0) is 20.4. The van der Waals surface area contributed by atoms with E-state index in [4.69, 9.17) is 0 Å². The number of pyridine rings is 1. The second-order valence-corrected chi connectivity index (χ2v) is 8.68. The highest BCUT2D eigenvalue weighted by Gasteiger charge is 2.18. The number of carbonyl (C=O) groups is 1. The molecule has 6 nitrogen and oxygen atoms in total. The second kappa shape index (κ2) is 8.37. The van der Waals surface area contributed by atoms with Crippen molar-refractivity contribution in [2.75, 3.05) is 18.0 Å². The van der Waals surface area contributed by atoms with E-state index in [0.717, 1.165) is 46.9 Å². The Labute approximate surface area is 175 Å². The average Bonchev–Trinajstić information content (AvgIpc) is 3.35. The predicted molar refractivity (Wildman–Crippen MR) is 117 cm³/mol. The monoisotopic (exact) mass is 409 g/mol. The van der Waals surface area contributed by atoms with Gasteiger partial charge in [0.05, 0.1) is 5.56 Å². The number of aromatic nitrogens is 3. The van der Waals surface area contributed by atoms with Crippen molar-refractivity contribution in [2.45, 2.75) is 40.2 Å². The van der Waals surface area contributed by atoms with Gasteiger partial charge in [-0.25, -0.2) is 9.97 Å². The molecule has 1 saturated heterocycles. The number of anilines is 1. The molecule has 152 valence electrons. The van der Waals surface area contributed by atoms with Crippen molar-refractivity contribution in [3.63, 3.8) is 0 Å². The van der Waals surface area contributed by atoms with Crippen molar-refractivity contribution in [1.82, 2.24) is 19.9 Å². The van der Waals surface area contributed by atoms with Gasteiger partial charge in [-0.15, -0.1) is 11.3 Å². The van der Waals surface area contributed by atoms with E-state index in [1.165, 1.54) is 12.8 Å². The number of nitrogens with one attached hydrogen (secondary N) is 1. The number of hydrogen-bond donors (Lipinski definition) is 1. The molecule has 0 radical (unpaired) electrons. The summed E-state index contributed by atoms with van der Waals surface area (Å²) in [5.41, 5.74) is 3.60. The molecule has 1 N–H and O–H groups in total. The molecule has 1 amide bonds. The van der Waals surface area contributed by atoms with Crippen molar-refractivity contribution in [3.05, 3.63) is 58.5 Å². The lowest BCUT2D eigenvalue weighted by molar-refractivity contribution is 0.0950. The van der Waals surface area contributed by atoms with Crippen molar-refractivity contribution < 1.29 is 4.79 Å². The fourth-order valence-corrected chi connectivity index (χ4v) is 4.59. The van der Waals surface area contributed by atoms with Crippen molar-refractivity contribution in [3.8, 4) is 5.13 Å². The number of nitrogens with zero attached hydrogens (tertiary/aromatic N) is 4. The topological polar surface area (TPSA) is 63.1 Å². The summed E-state index contributed by atoms with van der Waals surface area (Å²) in [4.78, 5) is 24.1. The SMILES string of the molecule is Cc1cc(C(=O)NCc2ccc(N3CCC(C)CC3)nc2)c(C)n1-c1nccs1. The van der Waals surface area contributed by atoms with Gasteiger partial charge in [-0.1, -0.05) is 13.0 Å². The van der Waals surface area contributed by atoms with Crippen LogP contribution in [0.15, 0.2) is 36.0 Å². The van der Waals surface area contributed by atoms with Crippen LogP contribution in [0.25, 0.3) is 5.13 Å². The average molecular weight is 410 g/mol. The minimum absolute atomic E-state index is 0.0741. The molecule has 1 fully saturated rings. The smallest absolute Gasteiger partial charge is 0.253 e. The van der Waals surface area contributed by atoms with Crippen molar-refractivity contribution in [1.29, 1.82) is 0 Å². The molecule has 4 rings (SSSR count). The van der Waals surface area contributed by atoms with E-state index in [1.54, 1.807) is 17.5 Å². The number of amides is 1. The maximum Gasteiger partial charge on any atom is 0.253 e. The first-order valence-corrected chi connectivity index (χ1v) is 11.0. The van der Waals surface area contributed by atoms with Gasteiger partial charge < -0.3 is 10.2 Å². The largest absolute Gasteiger partial charge is 0.357 e. The van der Waals surface area contributed by atoms with Crippen LogP contribution in [0.1, 0.15) is 47.1 Å². The quantitative estimate of drug-likeness (QED) is 0.689. The minimum atomic E-state index is -0.0741. The zero-order valence-corrected chi connectivity index (χ0v) is 18.0. The fourth-order valence-electron chi connectivity index (χ4n) is 3.84. The lowest BCUT2D eigenvalue weighted by Crippen LogP contribution is -2.33. The molecule has 7 heteroatoms. The Bertz CT molecular complexity index is 970. The predicted octanol–water partition coefficient (Wildman–Crippen LogP) is 4.11. The van der Waals surface area contributed by atoms with E-state index in [0.29, 0.717) is 12.1 Å². The molecule has 0 unspecified atom stereocenters. The maximum absolute atomic E-state index is 12.7.